The second kappa shape index (κ2) is 14.1. The first kappa shape index (κ1) is 32.1. The minimum atomic E-state index is -4.79. The fourth-order valence-corrected chi connectivity index (χ4v) is 6.60. The van der Waals surface area contributed by atoms with Crippen LogP contribution in [0.3, 0.4) is 0 Å². The second-order valence-electron chi connectivity index (χ2n) is 8.65. The van der Waals surface area contributed by atoms with Crippen molar-refractivity contribution in [2.75, 3.05) is 0 Å². The highest BCUT2D eigenvalue weighted by atomic mass is 127. The van der Waals surface area contributed by atoms with E-state index in [9.17, 15) is 36.0 Å². The lowest BCUT2D eigenvalue weighted by Gasteiger charge is -2.10. The Hall–Kier alpha value is -3.85. The minimum absolute atomic E-state index is 0.0709. The molecule has 0 unspecified atom stereocenters. The molecule has 0 bridgehead atoms. The number of hydrogen-bond acceptors (Lipinski definition) is 6. The monoisotopic (exact) mass is 736 g/mol. The summed E-state index contributed by atoms with van der Waals surface area (Å²) in [5, 5.41) is 9.49. The molecule has 43 heavy (non-hydrogen) atoms. The molecule has 0 saturated heterocycles. The summed E-state index contributed by atoms with van der Waals surface area (Å²) in [5.74, 6) is -2.20. The van der Waals surface area contributed by atoms with Crippen LogP contribution in [0, 0.1) is 21.0 Å². The Balaban J connectivity index is 0.000000197. The van der Waals surface area contributed by atoms with Crippen LogP contribution in [0.1, 0.15) is 10.4 Å². The quantitative estimate of drug-likeness (QED) is 0.0645. The molecule has 0 fully saturated rings. The number of halogens is 4. The van der Waals surface area contributed by atoms with Crippen LogP contribution in [0.2, 0.25) is 0 Å². The summed E-state index contributed by atoms with van der Waals surface area (Å²) in [6.07, 6.45) is 0. The second-order valence-corrected chi connectivity index (χ2v) is 13.3. The molecule has 1 N–H and O–H groups in total. The topological polar surface area (TPSA) is 104 Å². The van der Waals surface area contributed by atoms with Crippen molar-refractivity contribution in [3.63, 3.8) is 0 Å². The van der Waals surface area contributed by atoms with E-state index in [-0.39, 0.29) is 23.0 Å². The van der Waals surface area contributed by atoms with Crippen molar-refractivity contribution in [2.45, 2.75) is 19.6 Å². The largest absolute Gasteiger partial charge is 0.744 e. The molecule has 5 aromatic carbocycles. The average molecular weight is 737 g/mol. The van der Waals surface area contributed by atoms with E-state index in [1.807, 2.05) is 0 Å². The Bertz CT molecular complexity index is 1710. The number of benzene rings is 5. The van der Waals surface area contributed by atoms with Crippen LogP contribution in [-0.4, -0.2) is 24.0 Å². The van der Waals surface area contributed by atoms with E-state index in [1.165, 1.54) is 36.4 Å². The van der Waals surface area contributed by atoms with Gasteiger partial charge in [0.05, 0.1) is 21.4 Å². The smallest absolute Gasteiger partial charge is 0.343 e. The van der Waals surface area contributed by atoms with Crippen molar-refractivity contribution in [2.24, 2.45) is 0 Å². The van der Waals surface area contributed by atoms with Gasteiger partial charge in [0.2, 0.25) is 0 Å². The number of rotatable bonds is 6. The van der Waals surface area contributed by atoms with Crippen molar-refractivity contribution in [1.29, 1.82) is 0 Å². The maximum absolute atomic E-state index is 13.2. The van der Waals surface area contributed by atoms with Gasteiger partial charge in [0.25, 0.3) is 0 Å². The summed E-state index contributed by atoms with van der Waals surface area (Å²) in [6, 6.07) is 28.1. The molecule has 0 heterocycles. The molecule has 0 radical (unpaired) electrons. The molecule has 220 valence electrons. The predicted molar refractivity (Wildman–Crippen MR) is 162 cm³/mol. The van der Waals surface area contributed by atoms with E-state index >= 15 is 0 Å². The van der Waals surface area contributed by atoms with Gasteiger partial charge in [-0.15, -0.1) is 0 Å². The Morgan fingerprint density at radius 2 is 1.12 bits per heavy atom. The van der Waals surface area contributed by atoms with Crippen LogP contribution in [0.5, 0.6) is 11.5 Å². The van der Waals surface area contributed by atoms with Crippen LogP contribution < -0.4 is 4.74 Å². The molecule has 0 aliphatic carbocycles. The fraction of sp³-hybridized carbons (Fsp3) is 0. The molecule has 0 aliphatic heterocycles. The first-order chi connectivity index (χ1) is 20.4. The van der Waals surface area contributed by atoms with Crippen molar-refractivity contribution in [3.8, 4) is 11.5 Å². The number of aromatic hydroxyl groups is 1. The molecule has 0 aliphatic rings. The van der Waals surface area contributed by atoms with E-state index in [0.717, 1.165) is 36.5 Å². The molecule has 0 aromatic heterocycles. The zero-order valence-corrected chi connectivity index (χ0v) is 25.6. The van der Waals surface area contributed by atoms with Gasteiger partial charge in [-0.2, -0.15) is 0 Å². The number of carbonyl (C=O) groups is 1. The predicted octanol–water partition coefficient (Wildman–Crippen LogP) is 7.32. The van der Waals surface area contributed by atoms with Crippen LogP contribution in [0.25, 0.3) is 0 Å². The molecular formula is C31H20F3IO6S2. The number of carbonyl (C=O) groups excluding carboxylic acids is 1. The van der Waals surface area contributed by atoms with Gasteiger partial charge in [-0.3, -0.25) is 0 Å². The van der Waals surface area contributed by atoms with Crippen LogP contribution in [0.4, 0.5) is 13.2 Å². The Kier molecular flexibility index (Phi) is 10.5. The van der Waals surface area contributed by atoms with E-state index in [1.54, 1.807) is 60.7 Å². The molecule has 6 nitrogen and oxygen atoms in total. The maximum Gasteiger partial charge on any atom is 0.343 e. The lowest BCUT2D eigenvalue weighted by atomic mass is 10.2. The van der Waals surface area contributed by atoms with Gasteiger partial charge in [-0.1, -0.05) is 0 Å². The molecule has 12 heteroatoms. The van der Waals surface area contributed by atoms with Gasteiger partial charge in [-0.05, 0) is 138 Å². The van der Waals surface area contributed by atoms with E-state index in [2.05, 4.69) is 22.6 Å². The summed E-state index contributed by atoms with van der Waals surface area (Å²) in [7, 11) is -5.33. The lowest BCUT2D eigenvalue weighted by Crippen LogP contribution is -2.09. The Morgan fingerprint density at radius 3 is 1.49 bits per heavy atom. The third-order valence-corrected chi connectivity index (χ3v) is 9.47. The number of ether oxygens (including phenoxy) is 1. The molecular weight excluding hydrogens is 716 g/mol. The molecule has 0 amide bonds. The summed E-state index contributed by atoms with van der Waals surface area (Å²) >= 11 is 2.10. The molecule has 0 saturated carbocycles. The third kappa shape index (κ3) is 8.83. The number of hydrogen-bond donors (Lipinski definition) is 1. The third-order valence-electron chi connectivity index (χ3n) is 5.64. The summed E-state index contributed by atoms with van der Waals surface area (Å²) in [5.41, 5.74) is -0.0709. The number of esters is 1. The first-order valence-electron chi connectivity index (χ1n) is 12.2. The SMILES string of the molecule is Fc1ccc([S+](c2ccc(F)cc2)c2ccc(F)cc2)cc1.O=C(Oc1ccc(I)cc1)c1ccc(S(=O)(=O)[O-])c(O)c1. The summed E-state index contributed by atoms with van der Waals surface area (Å²) in [6.45, 7) is 0. The highest BCUT2D eigenvalue weighted by Gasteiger charge is 2.28. The molecule has 0 spiro atoms. The highest BCUT2D eigenvalue weighted by Crippen LogP contribution is 2.31. The van der Waals surface area contributed by atoms with E-state index < -0.39 is 37.6 Å². The number of phenolic OH excluding ortho intramolecular Hbond substituents is 1. The standard InChI is InChI=1S/C18H12F3S.C13H9IO6S/c19-13-1-7-16(8-2-13)22(17-9-3-14(20)4-10-17)18-11-5-15(21)6-12-18;14-9-2-4-10(5-3-9)20-13(16)8-1-6-12(11(15)7-8)21(17,18)19/h1-12H;1-7,15H,(H,17,18,19)/q+1;/p-1. The normalized spacial score (nSPS) is 11.0. The molecule has 0 atom stereocenters. The first-order valence-corrected chi connectivity index (χ1v) is 15.9. The lowest BCUT2D eigenvalue weighted by molar-refractivity contribution is 0.0734. The molecule has 5 aromatic rings. The van der Waals surface area contributed by atoms with Crippen molar-refractivity contribution in [1.82, 2.24) is 0 Å². The Morgan fingerprint density at radius 1 is 0.698 bits per heavy atom. The van der Waals surface area contributed by atoms with Crippen LogP contribution in [-0.2, 0) is 21.0 Å². The van der Waals surface area contributed by atoms with E-state index in [0.29, 0.717) is 5.75 Å². The Labute approximate surface area is 262 Å². The minimum Gasteiger partial charge on any atom is -0.744 e. The summed E-state index contributed by atoms with van der Waals surface area (Å²) < 4.78 is 78.0. The van der Waals surface area contributed by atoms with Gasteiger partial charge < -0.3 is 14.4 Å². The average Bonchev–Trinajstić information content (AvgIpc) is 2.97. The molecule has 5 rings (SSSR count). The van der Waals surface area contributed by atoms with E-state index in [4.69, 9.17) is 4.74 Å². The van der Waals surface area contributed by atoms with Gasteiger partial charge in [0.15, 0.2) is 14.7 Å². The fourth-order valence-electron chi connectivity index (χ4n) is 3.64. The van der Waals surface area contributed by atoms with Crippen molar-refractivity contribution < 1.29 is 40.8 Å². The highest BCUT2D eigenvalue weighted by molar-refractivity contribution is 14.1. The van der Waals surface area contributed by atoms with Crippen LogP contribution >= 0.6 is 22.6 Å². The van der Waals surface area contributed by atoms with Gasteiger partial charge in [0, 0.05) is 3.57 Å². The van der Waals surface area contributed by atoms with Gasteiger partial charge in [-0.25, -0.2) is 26.4 Å². The summed E-state index contributed by atoms with van der Waals surface area (Å²) in [4.78, 5) is 13.7. The van der Waals surface area contributed by atoms with Crippen molar-refractivity contribution in [3.05, 3.63) is 142 Å². The zero-order chi connectivity index (χ0) is 31.1. The van der Waals surface area contributed by atoms with Crippen LogP contribution in [0.15, 0.2) is 135 Å². The maximum atomic E-state index is 13.2. The number of phenols is 1. The van der Waals surface area contributed by atoms with Gasteiger partial charge >= 0.3 is 5.97 Å². The zero-order valence-electron chi connectivity index (χ0n) is 21.8. The van der Waals surface area contributed by atoms with Crippen molar-refractivity contribution >= 4 is 49.6 Å². The van der Waals surface area contributed by atoms with Gasteiger partial charge in [0.1, 0.15) is 39.1 Å².